The number of nitrogens with zero attached hydrogens (tertiary/aromatic N) is 3. The third kappa shape index (κ3) is 7.06. The molecule has 1 aliphatic rings. The van der Waals surface area contributed by atoms with Gasteiger partial charge in [0.05, 0.1) is 16.9 Å². The third-order valence-electron chi connectivity index (χ3n) is 6.82. The molecule has 1 saturated carbocycles. The number of carbonyl (C=O) groups is 2. The Bertz CT molecular complexity index is 1270. The number of anilines is 1. The number of hydrogen-bond donors (Lipinski definition) is 1. The first-order valence-electron chi connectivity index (χ1n) is 12.3. The van der Waals surface area contributed by atoms with Gasteiger partial charge in [0.25, 0.3) is 5.69 Å². The Kier molecular flexibility index (Phi) is 8.90. The Labute approximate surface area is 217 Å². The van der Waals surface area contributed by atoms with Crippen LogP contribution in [-0.2, 0) is 26.2 Å². The van der Waals surface area contributed by atoms with E-state index in [1.807, 2.05) is 31.2 Å². The minimum absolute atomic E-state index is 0.0453. The molecule has 1 atom stereocenters. The predicted octanol–water partition coefficient (Wildman–Crippen LogP) is 3.45. The van der Waals surface area contributed by atoms with Crippen molar-refractivity contribution < 1.29 is 22.9 Å². The van der Waals surface area contributed by atoms with Crippen LogP contribution < -0.4 is 9.62 Å². The Balaban J connectivity index is 1.95. The van der Waals surface area contributed by atoms with Gasteiger partial charge in [-0.15, -0.1) is 0 Å². The van der Waals surface area contributed by atoms with Gasteiger partial charge in [0.1, 0.15) is 12.6 Å². The molecule has 2 amide bonds. The van der Waals surface area contributed by atoms with Gasteiger partial charge in [0, 0.05) is 24.7 Å². The minimum Gasteiger partial charge on any atom is -0.352 e. The minimum atomic E-state index is -3.99. The molecular formula is C26H34N4O6S. The summed E-state index contributed by atoms with van der Waals surface area (Å²) in [5.41, 5.74) is 1.97. The summed E-state index contributed by atoms with van der Waals surface area (Å²) in [6.07, 6.45) is 4.80. The number of hydrogen-bond acceptors (Lipinski definition) is 6. The number of benzene rings is 2. The first-order chi connectivity index (χ1) is 17.4. The van der Waals surface area contributed by atoms with Gasteiger partial charge in [-0.1, -0.05) is 43.2 Å². The molecule has 0 saturated heterocycles. The quantitative estimate of drug-likeness (QED) is 0.370. The SMILES string of the molecule is Cc1ccccc1CN(C(=O)CN(c1cc([N+](=O)[O-])ccc1C)S(C)(=O)=O)[C@H](C)C(=O)NC1CCCC1. The smallest absolute Gasteiger partial charge is 0.271 e. The van der Waals surface area contributed by atoms with E-state index in [1.165, 1.54) is 17.0 Å². The molecule has 0 heterocycles. The Morgan fingerprint density at radius 2 is 1.76 bits per heavy atom. The number of non-ortho nitro benzene ring substituents is 1. The number of nitro groups is 1. The lowest BCUT2D eigenvalue weighted by atomic mass is 10.1. The second kappa shape index (κ2) is 11.7. The van der Waals surface area contributed by atoms with Crippen LogP contribution in [0.5, 0.6) is 0 Å². The number of nitrogens with one attached hydrogen (secondary N) is 1. The lowest BCUT2D eigenvalue weighted by molar-refractivity contribution is -0.384. The standard InChI is InChI=1S/C26H34N4O6S/c1-18-9-5-6-10-21(18)16-28(20(3)26(32)27-22-11-7-8-12-22)25(31)17-29(37(4,35)36)24-15-23(30(33)34)14-13-19(24)2/h5-6,9-10,13-15,20,22H,7-8,11-12,16-17H2,1-4H3,(H,27,32)/t20-/m1/s1. The summed E-state index contributed by atoms with van der Waals surface area (Å²) in [6, 6.07) is 10.5. The van der Waals surface area contributed by atoms with E-state index < -0.39 is 33.4 Å². The van der Waals surface area contributed by atoms with Crippen molar-refractivity contribution in [3.63, 3.8) is 0 Å². The fourth-order valence-electron chi connectivity index (χ4n) is 4.52. The van der Waals surface area contributed by atoms with Crippen LogP contribution in [0.4, 0.5) is 11.4 Å². The van der Waals surface area contributed by atoms with Crippen LogP contribution in [0.1, 0.15) is 49.3 Å². The van der Waals surface area contributed by atoms with Gasteiger partial charge in [0.15, 0.2) is 0 Å². The molecule has 37 heavy (non-hydrogen) atoms. The summed E-state index contributed by atoms with van der Waals surface area (Å²) in [6.45, 7) is 4.65. The zero-order valence-corrected chi connectivity index (χ0v) is 22.5. The molecule has 0 bridgehead atoms. The lowest BCUT2D eigenvalue weighted by Crippen LogP contribution is -2.52. The van der Waals surface area contributed by atoms with Crippen LogP contribution >= 0.6 is 0 Å². The molecule has 1 N–H and O–H groups in total. The highest BCUT2D eigenvalue weighted by molar-refractivity contribution is 7.92. The first-order valence-corrected chi connectivity index (χ1v) is 14.1. The molecule has 10 nitrogen and oxygen atoms in total. The molecule has 0 spiro atoms. The molecule has 200 valence electrons. The highest BCUT2D eigenvalue weighted by atomic mass is 32.2. The van der Waals surface area contributed by atoms with Crippen LogP contribution in [0.3, 0.4) is 0 Å². The van der Waals surface area contributed by atoms with Crippen molar-refractivity contribution in [3.05, 3.63) is 69.3 Å². The average molecular weight is 531 g/mol. The van der Waals surface area contributed by atoms with Crippen molar-refractivity contribution in [3.8, 4) is 0 Å². The maximum absolute atomic E-state index is 13.7. The number of carbonyl (C=O) groups excluding carboxylic acids is 2. The van der Waals surface area contributed by atoms with Crippen molar-refractivity contribution in [2.75, 3.05) is 17.1 Å². The summed E-state index contributed by atoms with van der Waals surface area (Å²) < 4.78 is 26.4. The molecule has 1 fully saturated rings. The van der Waals surface area contributed by atoms with Gasteiger partial charge in [-0.05, 0) is 50.3 Å². The monoisotopic (exact) mass is 530 g/mol. The number of aryl methyl sites for hydroxylation is 2. The van der Waals surface area contributed by atoms with Crippen LogP contribution in [0, 0.1) is 24.0 Å². The highest BCUT2D eigenvalue weighted by Crippen LogP contribution is 2.28. The summed E-state index contributed by atoms with van der Waals surface area (Å²) >= 11 is 0. The van der Waals surface area contributed by atoms with E-state index in [0.717, 1.165) is 53.4 Å². The van der Waals surface area contributed by atoms with Crippen molar-refractivity contribution in [1.29, 1.82) is 0 Å². The fourth-order valence-corrected chi connectivity index (χ4v) is 5.42. The van der Waals surface area contributed by atoms with Gasteiger partial charge >= 0.3 is 0 Å². The summed E-state index contributed by atoms with van der Waals surface area (Å²) in [7, 11) is -3.99. The molecule has 2 aromatic rings. The number of amides is 2. The van der Waals surface area contributed by atoms with E-state index in [2.05, 4.69) is 5.32 Å². The Hall–Kier alpha value is -3.47. The van der Waals surface area contributed by atoms with E-state index in [0.29, 0.717) is 5.56 Å². The maximum Gasteiger partial charge on any atom is 0.271 e. The van der Waals surface area contributed by atoms with E-state index in [1.54, 1.807) is 13.8 Å². The fraction of sp³-hybridized carbons (Fsp3) is 0.462. The van der Waals surface area contributed by atoms with Gasteiger partial charge in [-0.2, -0.15) is 0 Å². The number of rotatable bonds is 10. The first kappa shape index (κ1) is 28.1. The topological polar surface area (TPSA) is 130 Å². The van der Waals surface area contributed by atoms with Crippen LogP contribution in [0.15, 0.2) is 42.5 Å². The molecule has 3 rings (SSSR count). The van der Waals surface area contributed by atoms with Crippen molar-refractivity contribution in [1.82, 2.24) is 10.2 Å². The van der Waals surface area contributed by atoms with E-state index in [-0.39, 0.29) is 29.9 Å². The normalized spacial score (nSPS) is 14.7. The van der Waals surface area contributed by atoms with E-state index >= 15 is 0 Å². The molecule has 11 heteroatoms. The average Bonchev–Trinajstić information content (AvgIpc) is 3.34. The largest absolute Gasteiger partial charge is 0.352 e. The van der Waals surface area contributed by atoms with E-state index in [4.69, 9.17) is 0 Å². The molecule has 0 radical (unpaired) electrons. The van der Waals surface area contributed by atoms with Crippen LogP contribution in [-0.4, -0.2) is 54.9 Å². The molecule has 0 aliphatic heterocycles. The number of nitro benzene ring substituents is 1. The molecule has 2 aromatic carbocycles. The lowest BCUT2D eigenvalue weighted by Gasteiger charge is -2.32. The zero-order chi connectivity index (χ0) is 27.3. The Morgan fingerprint density at radius 3 is 2.35 bits per heavy atom. The van der Waals surface area contributed by atoms with Crippen LogP contribution in [0.25, 0.3) is 0 Å². The maximum atomic E-state index is 13.7. The van der Waals surface area contributed by atoms with Gasteiger partial charge in [-0.25, -0.2) is 8.42 Å². The van der Waals surface area contributed by atoms with Gasteiger partial charge in [0.2, 0.25) is 21.8 Å². The summed E-state index contributed by atoms with van der Waals surface area (Å²) in [4.78, 5) is 38.9. The molecule has 0 unspecified atom stereocenters. The second-order valence-corrected chi connectivity index (χ2v) is 11.5. The number of sulfonamides is 1. The third-order valence-corrected chi connectivity index (χ3v) is 7.95. The summed E-state index contributed by atoms with van der Waals surface area (Å²) in [5, 5.41) is 14.3. The molecular weight excluding hydrogens is 496 g/mol. The molecule has 1 aliphatic carbocycles. The second-order valence-electron chi connectivity index (χ2n) is 9.61. The van der Waals surface area contributed by atoms with Crippen molar-refractivity contribution in [2.45, 2.75) is 65.1 Å². The highest BCUT2D eigenvalue weighted by Gasteiger charge is 2.32. The predicted molar refractivity (Wildman–Crippen MR) is 142 cm³/mol. The summed E-state index contributed by atoms with van der Waals surface area (Å²) in [5.74, 6) is -0.889. The van der Waals surface area contributed by atoms with Crippen LogP contribution in [0.2, 0.25) is 0 Å². The zero-order valence-electron chi connectivity index (χ0n) is 21.6. The molecule has 0 aromatic heterocycles. The van der Waals surface area contributed by atoms with Crippen molar-refractivity contribution >= 4 is 33.2 Å². The van der Waals surface area contributed by atoms with Crippen molar-refractivity contribution in [2.24, 2.45) is 0 Å². The Morgan fingerprint density at radius 1 is 1.11 bits per heavy atom. The van der Waals surface area contributed by atoms with E-state index in [9.17, 15) is 28.1 Å². The van der Waals surface area contributed by atoms with Gasteiger partial charge < -0.3 is 10.2 Å². The van der Waals surface area contributed by atoms with Gasteiger partial charge in [-0.3, -0.25) is 24.0 Å².